The molecule has 5 nitrogen and oxygen atoms in total. The zero-order chi connectivity index (χ0) is 15.5. The molecule has 114 valence electrons. The minimum Gasteiger partial charge on any atom is -0.496 e. The summed E-state index contributed by atoms with van der Waals surface area (Å²) >= 11 is 0. The minimum absolute atomic E-state index is 0.173. The minimum atomic E-state index is -0.173. The molecule has 0 radical (unpaired) electrons. The highest BCUT2D eigenvalue weighted by molar-refractivity contribution is 5.94. The Morgan fingerprint density at radius 1 is 1.05 bits per heavy atom. The van der Waals surface area contributed by atoms with Crippen molar-refractivity contribution >= 4 is 12.0 Å². The topological polar surface area (TPSA) is 49.3 Å². The molecular formula is C16H21NO4. The Morgan fingerprint density at radius 2 is 1.67 bits per heavy atom. The van der Waals surface area contributed by atoms with Gasteiger partial charge >= 0.3 is 0 Å². The van der Waals surface area contributed by atoms with Gasteiger partial charge in [-0.3, -0.25) is 0 Å². The number of nitrogens with zero attached hydrogens (tertiary/aromatic N) is 1. The highest BCUT2D eigenvalue weighted by Gasteiger charge is 2.24. The van der Waals surface area contributed by atoms with E-state index in [2.05, 4.69) is 4.99 Å². The fraction of sp³-hybridized carbons (Fsp3) is 0.438. The van der Waals surface area contributed by atoms with Crippen LogP contribution in [-0.4, -0.2) is 39.4 Å². The maximum Gasteiger partial charge on any atom is 0.209 e. The van der Waals surface area contributed by atoms with E-state index >= 15 is 0 Å². The summed E-state index contributed by atoms with van der Waals surface area (Å²) in [5, 5.41) is 0. The van der Waals surface area contributed by atoms with E-state index in [1.54, 1.807) is 21.3 Å². The van der Waals surface area contributed by atoms with Crippen LogP contribution in [0.4, 0.5) is 0 Å². The molecule has 0 bridgehead atoms. The smallest absolute Gasteiger partial charge is 0.209 e. The molecule has 0 aliphatic carbocycles. The third-order valence-electron chi connectivity index (χ3n) is 3.13. The van der Waals surface area contributed by atoms with Crippen LogP contribution in [0.2, 0.25) is 0 Å². The Labute approximate surface area is 125 Å². The van der Waals surface area contributed by atoms with Crippen LogP contribution in [-0.2, 0) is 4.74 Å². The second-order valence-corrected chi connectivity index (χ2v) is 5.33. The van der Waals surface area contributed by atoms with Crippen molar-refractivity contribution in [2.45, 2.75) is 19.4 Å². The van der Waals surface area contributed by atoms with Crippen molar-refractivity contribution in [2.75, 3.05) is 27.9 Å². The molecule has 0 amide bonds. The van der Waals surface area contributed by atoms with E-state index < -0.39 is 0 Å². The largest absolute Gasteiger partial charge is 0.496 e. The van der Waals surface area contributed by atoms with Crippen LogP contribution in [0.15, 0.2) is 23.2 Å². The fourth-order valence-corrected chi connectivity index (χ4v) is 2.05. The molecule has 1 aliphatic rings. The van der Waals surface area contributed by atoms with Gasteiger partial charge in [-0.2, -0.15) is 0 Å². The molecule has 1 aromatic carbocycles. The first kappa shape index (κ1) is 15.2. The second kappa shape index (κ2) is 6.08. The highest BCUT2D eigenvalue weighted by atomic mass is 16.5. The van der Waals surface area contributed by atoms with Gasteiger partial charge < -0.3 is 18.9 Å². The van der Waals surface area contributed by atoms with Gasteiger partial charge in [0.2, 0.25) is 5.90 Å². The lowest BCUT2D eigenvalue weighted by molar-refractivity contribution is 0.280. The van der Waals surface area contributed by atoms with Crippen molar-refractivity contribution in [3.8, 4) is 17.2 Å². The second-order valence-electron chi connectivity index (χ2n) is 5.33. The third-order valence-corrected chi connectivity index (χ3v) is 3.13. The predicted octanol–water partition coefficient (Wildman–Crippen LogP) is 2.93. The molecule has 0 N–H and O–H groups in total. The molecule has 1 aromatic rings. The normalized spacial score (nSPS) is 16.5. The monoisotopic (exact) mass is 291 g/mol. The summed E-state index contributed by atoms with van der Waals surface area (Å²) < 4.78 is 21.6. The molecule has 0 unspecified atom stereocenters. The quantitative estimate of drug-likeness (QED) is 0.837. The highest BCUT2D eigenvalue weighted by Crippen LogP contribution is 2.35. The van der Waals surface area contributed by atoms with Gasteiger partial charge in [-0.25, -0.2) is 4.99 Å². The van der Waals surface area contributed by atoms with Gasteiger partial charge in [-0.15, -0.1) is 0 Å². The number of benzene rings is 1. The maximum absolute atomic E-state index is 5.54. The van der Waals surface area contributed by atoms with Gasteiger partial charge in [0.05, 0.1) is 32.4 Å². The van der Waals surface area contributed by atoms with Gasteiger partial charge in [-0.1, -0.05) is 0 Å². The van der Waals surface area contributed by atoms with E-state index in [0.29, 0.717) is 29.8 Å². The van der Waals surface area contributed by atoms with Gasteiger partial charge in [0.25, 0.3) is 0 Å². The summed E-state index contributed by atoms with van der Waals surface area (Å²) in [5.74, 6) is 2.62. The Hall–Kier alpha value is -2.17. The van der Waals surface area contributed by atoms with Crippen LogP contribution in [0.25, 0.3) is 6.08 Å². The van der Waals surface area contributed by atoms with Crippen molar-refractivity contribution in [1.82, 2.24) is 0 Å². The van der Waals surface area contributed by atoms with Crippen LogP contribution in [0.5, 0.6) is 17.2 Å². The lowest BCUT2D eigenvalue weighted by Crippen LogP contribution is -2.17. The van der Waals surface area contributed by atoms with Crippen molar-refractivity contribution in [3.63, 3.8) is 0 Å². The van der Waals surface area contributed by atoms with Crippen LogP contribution in [0.1, 0.15) is 19.4 Å². The molecule has 21 heavy (non-hydrogen) atoms. The molecule has 0 fully saturated rings. The molecule has 0 atom stereocenters. The molecule has 5 heteroatoms. The number of hydrogen-bond acceptors (Lipinski definition) is 5. The summed E-state index contributed by atoms with van der Waals surface area (Å²) in [6.45, 7) is 4.65. The predicted molar refractivity (Wildman–Crippen MR) is 82.6 cm³/mol. The van der Waals surface area contributed by atoms with Crippen LogP contribution in [0.3, 0.4) is 0 Å². The molecule has 0 spiro atoms. The summed E-state index contributed by atoms with van der Waals surface area (Å²) in [4.78, 5) is 4.48. The lowest BCUT2D eigenvalue weighted by Gasteiger charge is -2.12. The van der Waals surface area contributed by atoms with Crippen molar-refractivity contribution < 1.29 is 18.9 Å². The van der Waals surface area contributed by atoms with Gasteiger partial charge in [0, 0.05) is 18.2 Å². The first-order chi connectivity index (χ1) is 9.99. The number of hydrogen-bond donors (Lipinski definition) is 0. The van der Waals surface area contributed by atoms with Crippen LogP contribution in [0, 0.1) is 0 Å². The van der Waals surface area contributed by atoms with Gasteiger partial charge in [-0.05, 0) is 19.9 Å². The zero-order valence-corrected chi connectivity index (χ0v) is 13.1. The zero-order valence-electron chi connectivity index (χ0n) is 13.1. The lowest BCUT2D eigenvalue weighted by atomic mass is 10.1. The Morgan fingerprint density at radius 3 is 2.10 bits per heavy atom. The number of rotatable bonds is 5. The average Bonchev–Trinajstić information content (AvgIpc) is 2.83. The average molecular weight is 291 g/mol. The SMILES string of the molecule is COc1cc(OC)c(/C=C/C2=NC(C)(C)CO2)c(OC)c1. The summed E-state index contributed by atoms with van der Waals surface area (Å²) in [5.41, 5.74) is 0.644. The first-order valence-corrected chi connectivity index (χ1v) is 6.70. The standard InChI is InChI=1S/C16H21NO4/c1-16(2)10-21-15(17-16)7-6-12-13(19-4)8-11(18-3)9-14(12)20-5/h6-9H,10H2,1-5H3/b7-6+. The van der Waals surface area contributed by atoms with Crippen LogP contribution < -0.4 is 14.2 Å². The van der Waals surface area contributed by atoms with E-state index in [1.165, 1.54) is 0 Å². The van der Waals surface area contributed by atoms with Crippen molar-refractivity contribution in [3.05, 3.63) is 23.8 Å². The summed E-state index contributed by atoms with van der Waals surface area (Å²) in [6.07, 6.45) is 3.69. The fourth-order valence-electron chi connectivity index (χ4n) is 2.05. The Bertz CT molecular complexity index is 551. The van der Waals surface area contributed by atoms with Crippen molar-refractivity contribution in [2.24, 2.45) is 4.99 Å². The Kier molecular flexibility index (Phi) is 4.40. The van der Waals surface area contributed by atoms with E-state index in [-0.39, 0.29) is 5.54 Å². The van der Waals surface area contributed by atoms with Crippen LogP contribution >= 0.6 is 0 Å². The van der Waals surface area contributed by atoms with Gasteiger partial charge in [0.1, 0.15) is 23.9 Å². The molecule has 0 saturated heterocycles. The Balaban J connectivity index is 2.35. The third kappa shape index (κ3) is 3.48. The summed E-state index contributed by atoms with van der Waals surface area (Å²) in [6, 6.07) is 3.62. The van der Waals surface area contributed by atoms with E-state index in [0.717, 1.165) is 5.56 Å². The summed E-state index contributed by atoms with van der Waals surface area (Å²) in [7, 11) is 4.82. The molecule has 1 aliphatic heterocycles. The van der Waals surface area contributed by atoms with E-state index in [1.807, 2.05) is 38.1 Å². The molecule has 1 heterocycles. The molecular weight excluding hydrogens is 270 g/mol. The first-order valence-electron chi connectivity index (χ1n) is 6.70. The van der Waals surface area contributed by atoms with E-state index in [4.69, 9.17) is 18.9 Å². The van der Waals surface area contributed by atoms with E-state index in [9.17, 15) is 0 Å². The van der Waals surface area contributed by atoms with Crippen molar-refractivity contribution in [1.29, 1.82) is 0 Å². The molecule has 0 saturated carbocycles. The number of aliphatic imine (C=N–C) groups is 1. The maximum atomic E-state index is 5.54. The number of ether oxygens (including phenoxy) is 4. The molecule has 0 aromatic heterocycles. The number of methoxy groups -OCH3 is 3. The molecule has 2 rings (SSSR count). The van der Waals surface area contributed by atoms with Gasteiger partial charge in [0.15, 0.2) is 0 Å².